The Hall–Kier alpha value is -1.83. The van der Waals surface area contributed by atoms with Gasteiger partial charge in [0.1, 0.15) is 0 Å². The molecule has 0 aliphatic heterocycles. The van der Waals surface area contributed by atoms with Crippen molar-refractivity contribution in [1.82, 2.24) is 5.16 Å². The zero-order chi connectivity index (χ0) is 16.8. The third kappa shape index (κ3) is 2.87. The Morgan fingerprint density at radius 1 is 1.30 bits per heavy atom. The number of benzene rings is 1. The molecule has 1 aromatic heterocycles. The normalized spacial score (nSPS) is 16.4. The second kappa shape index (κ2) is 5.36. The highest BCUT2D eigenvalue weighted by Crippen LogP contribution is 2.51. The number of rotatable bonds is 4. The van der Waals surface area contributed by atoms with E-state index in [0.717, 1.165) is 36.2 Å². The molecule has 0 atom stereocenters. The van der Waals surface area contributed by atoms with E-state index in [0.29, 0.717) is 0 Å². The molecule has 8 heteroatoms. The van der Waals surface area contributed by atoms with Crippen molar-refractivity contribution in [2.75, 3.05) is 6.26 Å². The molecule has 0 unspecified atom stereocenters. The third-order valence-electron chi connectivity index (χ3n) is 3.68. The summed E-state index contributed by atoms with van der Waals surface area (Å²) in [5.74, 6) is -0.738. The molecule has 0 N–H and O–H groups in total. The SMILES string of the molecule is CSc1cc(C(F)(F)F)ccc1C(=O)c1cnoc1C1(F)CC1. The van der Waals surface area contributed by atoms with Gasteiger partial charge in [0.15, 0.2) is 17.2 Å². The number of carbonyl (C=O) groups excluding carboxylic acids is 1. The molecular weight excluding hydrogens is 334 g/mol. The summed E-state index contributed by atoms with van der Waals surface area (Å²) in [5.41, 5.74) is -2.50. The highest BCUT2D eigenvalue weighted by molar-refractivity contribution is 7.98. The van der Waals surface area contributed by atoms with Gasteiger partial charge in [-0.15, -0.1) is 11.8 Å². The van der Waals surface area contributed by atoms with E-state index in [1.165, 1.54) is 0 Å². The lowest BCUT2D eigenvalue weighted by molar-refractivity contribution is -0.137. The monoisotopic (exact) mass is 345 g/mol. The van der Waals surface area contributed by atoms with Crippen LogP contribution < -0.4 is 0 Å². The van der Waals surface area contributed by atoms with Crippen LogP contribution in [0.4, 0.5) is 17.6 Å². The maximum absolute atomic E-state index is 14.2. The average Bonchev–Trinajstić information content (AvgIpc) is 3.06. The predicted molar refractivity (Wildman–Crippen MR) is 75.2 cm³/mol. The Bertz CT molecular complexity index is 765. The highest BCUT2D eigenvalue weighted by atomic mass is 32.2. The first-order valence-corrected chi connectivity index (χ1v) is 7.93. The molecule has 23 heavy (non-hydrogen) atoms. The quantitative estimate of drug-likeness (QED) is 0.461. The van der Waals surface area contributed by atoms with Gasteiger partial charge in [0.2, 0.25) is 0 Å². The van der Waals surface area contributed by atoms with Crippen LogP contribution >= 0.6 is 11.8 Å². The summed E-state index contributed by atoms with van der Waals surface area (Å²) < 4.78 is 57.3. The third-order valence-corrected chi connectivity index (χ3v) is 4.46. The second-order valence-corrected chi connectivity index (χ2v) is 6.12. The molecule has 0 amide bonds. The van der Waals surface area contributed by atoms with E-state index < -0.39 is 23.2 Å². The van der Waals surface area contributed by atoms with Gasteiger partial charge in [0, 0.05) is 10.5 Å². The van der Waals surface area contributed by atoms with Gasteiger partial charge in [-0.3, -0.25) is 4.79 Å². The van der Waals surface area contributed by atoms with Crippen molar-refractivity contribution < 1.29 is 26.9 Å². The molecule has 3 nitrogen and oxygen atoms in total. The molecule has 1 aliphatic carbocycles. The molecule has 0 saturated heterocycles. The summed E-state index contributed by atoms with van der Waals surface area (Å²) in [7, 11) is 0. The standard InChI is InChI=1S/C15H11F4NO2S/c1-23-11-6-8(15(17,18)19)2-3-9(11)12(21)10-7-20-22-13(10)14(16)4-5-14/h2-3,6-7H,4-5H2,1H3. The minimum Gasteiger partial charge on any atom is -0.357 e. The molecule has 1 fully saturated rings. The number of thioether (sulfide) groups is 1. The number of hydrogen-bond donors (Lipinski definition) is 0. The van der Waals surface area contributed by atoms with Crippen molar-refractivity contribution in [2.24, 2.45) is 0 Å². The summed E-state index contributed by atoms with van der Waals surface area (Å²) in [6.45, 7) is 0. The Balaban J connectivity index is 2.02. The molecule has 0 radical (unpaired) electrons. The van der Waals surface area contributed by atoms with Crippen molar-refractivity contribution in [1.29, 1.82) is 0 Å². The van der Waals surface area contributed by atoms with E-state index in [1.807, 2.05) is 0 Å². The lowest BCUT2D eigenvalue weighted by Gasteiger charge is -2.11. The van der Waals surface area contributed by atoms with Crippen LogP contribution in [0.3, 0.4) is 0 Å². The fourth-order valence-electron chi connectivity index (χ4n) is 2.26. The average molecular weight is 345 g/mol. The Morgan fingerprint density at radius 3 is 2.57 bits per heavy atom. The van der Waals surface area contributed by atoms with E-state index >= 15 is 0 Å². The smallest absolute Gasteiger partial charge is 0.357 e. The summed E-state index contributed by atoms with van der Waals surface area (Å²) >= 11 is 1.01. The molecule has 0 bridgehead atoms. The minimum atomic E-state index is -4.49. The summed E-state index contributed by atoms with van der Waals surface area (Å²) in [6, 6.07) is 2.85. The highest BCUT2D eigenvalue weighted by Gasteiger charge is 2.51. The topological polar surface area (TPSA) is 43.1 Å². The molecule has 2 aromatic rings. The van der Waals surface area contributed by atoms with Gasteiger partial charge < -0.3 is 4.52 Å². The molecular formula is C15H11F4NO2S. The van der Waals surface area contributed by atoms with Crippen molar-refractivity contribution in [3.05, 3.63) is 46.8 Å². The summed E-state index contributed by atoms with van der Waals surface area (Å²) in [4.78, 5) is 12.7. The second-order valence-electron chi connectivity index (χ2n) is 5.28. The van der Waals surface area contributed by atoms with Crippen LogP contribution in [0.2, 0.25) is 0 Å². The van der Waals surface area contributed by atoms with E-state index in [2.05, 4.69) is 5.16 Å². The first kappa shape index (κ1) is 16.0. The minimum absolute atomic E-state index is 0.0416. The lowest BCUT2D eigenvalue weighted by Crippen LogP contribution is -2.11. The van der Waals surface area contributed by atoms with Crippen molar-refractivity contribution in [3.8, 4) is 0 Å². The summed E-state index contributed by atoms with van der Waals surface area (Å²) in [5, 5.41) is 3.46. The largest absolute Gasteiger partial charge is 0.416 e. The molecule has 122 valence electrons. The molecule has 3 rings (SSSR count). The number of halogens is 4. The van der Waals surface area contributed by atoms with E-state index in [-0.39, 0.29) is 34.6 Å². The molecule has 1 aliphatic rings. The summed E-state index contributed by atoms with van der Waals surface area (Å²) in [6.07, 6.45) is -1.33. The zero-order valence-corrected chi connectivity index (χ0v) is 12.7. The molecule has 0 spiro atoms. The van der Waals surface area contributed by atoms with E-state index in [9.17, 15) is 22.4 Å². The number of alkyl halides is 4. The van der Waals surface area contributed by atoms with Crippen LogP contribution in [0.25, 0.3) is 0 Å². The maximum atomic E-state index is 14.2. The van der Waals surface area contributed by atoms with Crippen LogP contribution in [0, 0.1) is 0 Å². The fraction of sp³-hybridized carbons (Fsp3) is 0.333. The number of hydrogen-bond acceptors (Lipinski definition) is 4. The van der Waals surface area contributed by atoms with Crippen LogP contribution in [-0.2, 0) is 11.8 Å². The van der Waals surface area contributed by atoms with Gasteiger partial charge in [0.25, 0.3) is 0 Å². The molecule has 1 saturated carbocycles. The number of aromatic nitrogens is 1. The predicted octanol–water partition coefficient (Wildman–Crippen LogP) is 4.60. The number of carbonyl (C=O) groups is 1. The van der Waals surface area contributed by atoms with E-state index in [1.54, 1.807) is 6.26 Å². The number of nitrogens with zero attached hydrogens (tertiary/aromatic N) is 1. The van der Waals surface area contributed by atoms with Crippen molar-refractivity contribution in [3.63, 3.8) is 0 Å². The van der Waals surface area contributed by atoms with Crippen LogP contribution in [0.5, 0.6) is 0 Å². The lowest BCUT2D eigenvalue weighted by atomic mass is 10.0. The van der Waals surface area contributed by atoms with Gasteiger partial charge >= 0.3 is 6.18 Å². The van der Waals surface area contributed by atoms with Gasteiger partial charge in [-0.25, -0.2) is 4.39 Å². The first-order valence-electron chi connectivity index (χ1n) is 6.70. The Kier molecular flexibility index (Phi) is 3.74. The maximum Gasteiger partial charge on any atom is 0.416 e. The van der Waals surface area contributed by atoms with E-state index in [4.69, 9.17) is 4.52 Å². The van der Waals surface area contributed by atoms with Crippen molar-refractivity contribution in [2.45, 2.75) is 29.6 Å². The van der Waals surface area contributed by atoms with Crippen LogP contribution in [0.15, 0.2) is 33.8 Å². The Labute approximate surface area is 133 Å². The van der Waals surface area contributed by atoms with Gasteiger partial charge in [-0.2, -0.15) is 13.2 Å². The Morgan fingerprint density at radius 2 is 2.00 bits per heavy atom. The molecule has 1 heterocycles. The first-order chi connectivity index (χ1) is 10.8. The fourth-order valence-corrected chi connectivity index (χ4v) is 2.89. The van der Waals surface area contributed by atoms with Gasteiger partial charge in [-0.05, 0) is 37.3 Å². The molecule has 1 aromatic carbocycles. The van der Waals surface area contributed by atoms with Crippen LogP contribution in [-0.4, -0.2) is 17.2 Å². The van der Waals surface area contributed by atoms with Crippen LogP contribution in [0.1, 0.15) is 40.1 Å². The van der Waals surface area contributed by atoms with Gasteiger partial charge in [0.05, 0.1) is 17.3 Å². The van der Waals surface area contributed by atoms with Crippen molar-refractivity contribution >= 4 is 17.5 Å². The zero-order valence-electron chi connectivity index (χ0n) is 11.9. The van der Waals surface area contributed by atoms with Gasteiger partial charge in [-0.1, -0.05) is 5.16 Å². The number of ketones is 1.